The fourth-order valence-electron chi connectivity index (χ4n) is 0. The summed E-state index contributed by atoms with van der Waals surface area (Å²) in [6, 6.07) is 0. The summed E-state index contributed by atoms with van der Waals surface area (Å²) in [4.78, 5) is 0. The summed E-state index contributed by atoms with van der Waals surface area (Å²) >= 11 is 0. The second kappa shape index (κ2) is 8.82. The molecule has 0 aromatic carbocycles. The van der Waals surface area contributed by atoms with Gasteiger partial charge >= 0.3 is 0 Å². The molecule has 0 fully saturated rings. The minimum absolute atomic E-state index is 0. The van der Waals surface area contributed by atoms with Gasteiger partial charge in [-0.1, -0.05) is 0 Å². The fraction of sp³-hybridized carbons (Fsp3) is 0. The molecule has 0 N–H and O–H groups in total. The third-order valence-electron chi connectivity index (χ3n) is 0.136. The molecule has 0 aromatic heterocycles. The van der Waals surface area contributed by atoms with Crippen LogP contribution in [-0.2, 0) is 32.7 Å². The quantitative estimate of drug-likeness (QED) is 0.380. The molecular weight excluding hydrogens is 137 g/mol. The van der Waals surface area contributed by atoms with Gasteiger partial charge in [-0.25, -0.2) is 12.2 Å². The summed E-state index contributed by atoms with van der Waals surface area (Å²) in [5.74, 6) is 0. The van der Waals surface area contributed by atoms with E-state index in [4.69, 9.17) is 6.58 Å². The first kappa shape index (κ1) is 9.13. The average Bonchev–Trinajstić information content (AvgIpc) is 1.37. The van der Waals surface area contributed by atoms with Gasteiger partial charge < -0.3 is 0 Å². The van der Waals surface area contributed by atoms with Crippen LogP contribution in [0.2, 0.25) is 0 Å². The van der Waals surface area contributed by atoms with Crippen molar-refractivity contribution in [2.45, 2.75) is 0 Å². The standard InChI is InChI=1S/C4H5.Y/c1-3-4-2;/h1,3-4H,2H2;/q-1;. The van der Waals surface area contributed by atoms with E-state index < -0.39 is 0 Å². The largest absolute Gasteiger partial charge is 0.293 e. The maximum absolute atomic E-state index is 4.78. The molecule has 0 rings (SSSR count). The molecule has 0 aliphatic heterocycles. The Labute approximate surface area is 57.8 Å². The fourth-order valence-corrected chi connectivity index (χ4v) is 0. The van der Waals surface area contributed by atoms with E-state index in [2.05, 4.69) is 6.58 Å². The van der Waals surface area contributed by atoms with Gasteiger partial charge in [0.1, 0.15) is 0 Å². The van der Waals surface area contributed by atoms with Crippen molar-refractivity contribution in [1.29, 1.82) is 0 Å². The Morgan fingerprint density at radius 3 is 1.80 bits per heavy atom. The van der Waals surface area contributed by atoms with E-state index >= 15 is 0 Å². The summed E-state index contributed by atoms with van der Waals surface area (Å²) < 4.78 is 0. The molecule has 0 amide bonds. The van der Waals surface area contributed by atoms with Gasteiger partial charge in [0, 0.05) is 32.7 Å². The Morgan fingerprint density at radius 1 is 1.60 bits per heavy atom. The van der Waals surface area contributed by atoms with Crippen molar-refractivity contribution in [3.05, 3.63) is 25.3 Å². The van der Waals surface area contributed by atoms with E-state index in [1.54, 1.807) is 0 Å². The molecule has 0 aromatic rings. The molecule has 0 saturated carbocycles. The van der Waals surface area contributed by atoms with Crippen LogP contribution < -0.4 is 0 Å². The minimum atomic E-state index is 0. The van der Waals surface area contributed by atoms with Crippen LogP contribution in [0, 0.1) is 6.58 Å². The van der Waals surface area contributed by atoms with Crippen molar-refractivity contribution in [3.8, 4) is 0 Å². The molecule has 0 nitrogen and oxygen atoms in total. The van der Waals surface area contributed by atoms with Crippen molar-refractivity contribution in [2.24, 2.45) is 0 Å². The van der Waals surface area contributed by atoms with Gasteiger partial charge in [0.25, 0.3) is 0 Å². The summed E-state index contributed by atoms with van der Waals surface area (Å²) in [5.41, 5.74) is 0. The number of hydrogen-bond donors (Lipinski definition) is 0. The Hall–Kier alpha value is 0.584. The first-order valence-corrected chi connectivity index (χ1v) is 1.07. The molecule has 0 spiro atoms. The van der Waals surface area contributed by atoms with E-state index in [-0.39, 0.29) is 32.7 Å². The van der Waals surface area contributed by atoms with Crippen LogP contribution in [0.4, 0.5) is 0 Å². The molecule has 0 unspecified atom stereocenters. The van der Waals surface area contributed by atoms with Gasteiger partial charge in [-0.2, -0.15) is 6.58 Å². The molecule has 1 radical (unpaired) electrons. The van der Waals surface area contributed by atoms with Crippen molar-refractivity contribution in [2.75, 3.05) is 0 Å². The van der Waals surface area contributed by atoms with Crippen LogP contribution in [-0.4, -0.2) is 0 Å². The monoisotopic (exact) mass is 142 g/mol. The first-order chi connectivity index (χ1) is 1.91. The molecule has 0 heterocycles. The van der Waals surface area contributed by atoms with Gasteiger partial charge in [0.2, 0.25) is 0 Å². The average molecular weight is 142 g/mol. The Balaban J connectivity index is 0. The Bertz CT molecular complexity index is 24.6. The van der Waals surface area contributed by atoms with Gasteiger partial charge in [0.05, 0.1) is 0 Å². The van der Waals surface area contributed by atoms with Crippen LogP contribution in [0.5, 0.6) is 0 Å². The molecule has 25 valence electrons. The molecule has 0 aliphatic carbocycles. The van der Waals surface area contributed by atoms with Gasteiger partial charge in [-0.05, 0) is 0 Å². The zero-order valence-corrected chi connectivity index (χ0v) is 5.85. The molecule has 0 saturated heterocycles. The molecule has 0 bridgehead atoms. The predicted molar refractivity (Wildman–Crippen MR) is 19.1 cm³/mol. The van der Waals surface area contributed by atoms with Crippen LogP contribution >= 0.6 is 0 Å². The summed E-state index contributed by atoms with van der Waals surface area (Å²) in [5, 5.41) is 0. The maximum atomic E-state index is 4.78. The van der Waals surface area contributed by atoms with Crippen molar-refractivity contribution in [1.82, 2.24) is 0 Å². The van der Waals surface area contributed by atoms with E-state index in [1.165, 1.54) is 12.2 Å². The van der Waals surface area contributed by atoms with Crippen molar-refractivity contribution in [3.63, 3.8) is 0 Å². The minimum Gasteiger partial charge on any atom is -0.293 e. The van der Waals surface area contributed by atoms with Gasteiger partial charge in [-0.3, -0.25) is 6.58 Å². The molecule has 0 aliphatic rings. The van der Waals surface area contributed by atoms with E-state index in [0.29, 0.717) is 0 Å². The zero-order valence-electron chi connectivity index (χ0n) is 3.02. The molecule has 1 heteroatoms. The zero-order chi connectivity index (χ0) is 3.41. The third kappa shape index (κ3) is 12.2. The number of allylic oxidation sites excluding steroid dienone is 2. The van der Waals surface area contributed by atoms with Crippen LogP contribution in [0.25, 0.3) is 0 Å². The molecule has 0 atom stereocenters. The van der Waals surface area contributed by atoms with E-state index in [9.17, 15) is 0 Å². The van der Waals surface area contributed by atoms with Crippen LogP contribution in [0.3, 0.4) is 0 Å². The van der Waals surface area contributed by atoms with E-state index in [1.807, 2.05) is 0 Å². The SMILES string of the molecule is [CH-]=CC=C.[Y]. The Morgan fingerprint density at radius 2 is 1.80 bits per heavy atom. The predicted octanol–water partition coefficient (Wildman–Crippen LogP) is 1.16. The van der Waals surface area contributed by atoms with Gasteiger partial charge in [-0.15, -0.1) is 0 Å². The summed E-state index contributed by atoms with van der Waals surface area (Å²) in [6.07, 6.45) is 2.92. The van der Waals surface area contributed by atoms with Crippen molar-refractivity contribution >= 4 is 0 Å². The maximum Gasteiger partial charge on any atom is 0 e. The topological polar surface area (TPSA) is 0 Å². The normalized spacial score (nSPS) is 4.00. The molecular formula is C4H5Y-. The van der Waals surface area contributed by atoms with Crippen LogP contribution in [0.15, 0.2) is 18.7 Å². The number of hydrogen-bond acceptors (Lipinski definition) is 0. The second-order valence-corrected chi connectivity index (χ2v) is 0.428. The summed E-state index contributed by atoms with van der Waals surface area (Å²) in [6.45, 7) is 8.08. The smallest absolute Gasteiger partial charge is 0 e. The summed E-state index contributed by atoms with van der Waals surface area (Å²) in [7, 11) is 0. The van der Waals surface area contributed by atoms with E-state index in [0.717, 1.165) is 0 Å². The van der Waals surface area contributed by atoms with Gasteiger partial charge in [0.15, 0.2) is 0 Å². The third-order valence-corrected chi connectivity index (χ3v) is 0.136. The first-order valence-electron chi connectivity index (χ1n) is 1.07. The second-order valence-electron chi connectivity index (χ2n) is 0.428. The molecule has 5 heavy (non-hydrogen) atoms. The van der Waals surface area contributed by atoms with Crippen LogP contribution in [0.1, 0.15) is 0 Å². The Kier molecular flexibility index (Phi) is 16.1. The van der Waals surface area contributed by atoms with Crippen molar-refractivity contribution < 1.29 is 32.7 Å². The number of rotatable bonds is 1.